The van der Waals surface area contributed by atoms with Gasteiger partial charge in [-0.1, -0.05) is 11.6 Å². The van der Waals surface area contributed by atoms with E-state index in [-0.39, 0.29) is 5.91 Å². The fraction of sp³-hybridized carbons (Fsp3) is 0.143. The molecule has 0 aliphatic carbocycles. The van der Waals surface area contributed by atoms with Crippen LogP contribution in [-0.4, -0.2) is 24.1 Å². The fourth-order valence-electron chi connectivity index (χ4n) is 1.88. The van der Waals surface area contributed by atoms with E-state index in [2.05, 4.69) is 10.3 Å². The third kappa shape index (κ3) is 2.53. The van der Waals surface area contributed by atoms with Crippen LogP contribution in [0.4, 0.5) is 5.69 Å². The summed E-state index contributed by atoms with van der Waals surface area (Å²) in [6, 6.07) is 6.59. The van der Waals surface area contributed by atoms with E-state index >= 15 is 0 Å². The summed E-state index contributed by atoms with van der Waals surface area (Å²) in [6.07, 6.45) is 3.21. The van der Waals surface area contributed by atoms with Crippen LogP contribution in [0.1, 0.15) is 10.4 Å². The van der Waals surface area contributed by atoms with Gasteiger partial charge in [-0.05, 0) is 24.3 Å². The number of halogens is 1. The zero-order valence-electron chi connectivity index (χ0n) is 10.4. The Labute approximate surface area is 120 Å². The van der Waals surface area contributed by atoms with Gasteiger partial charge in [0.1, 0.15) is 13.2 Å². The smallest absolute Gasteiger partial charge is 0.255 e. The SMILES string of the molecule is O=C(Nc1ccncc1)c1cc(Cl)c2c(c1)OCCO2. The Hall–Kier alpha value is -2.27. The number of carbonyl (C=O) groups is 1. The normalized spacial score (nSPS) is 12.8. The molecule has 102 valence electrons. The van der Waals surface area contributed by atoms with E-state index in [4.69, 9.17) is 21.1 Å². The number of hydrogen-bond donors (Lipinski definition) is 1. The van der Waals surface area contributed by atoms with Crippen molar-refractivity contribution in [1.29, 1.82) is 0 Å². The van der Waals surface area contributed by atoms with Crippen LogP contribution >= 0.6 is 11.6 Å². The Morgan fingerprint density at radius 3 is 2.75 bits per heavy atom. The molecular formula is C14H11ClN2O3. The molecule has 2 heterocycles. The van der Waals surface area contributed by atoms with Crippen LogP contribution in [0.25, 0.3) is 0 Å². The molecule has 2 aromatic rings. The molecule has 1 aromatic carbocycles. The molecule has 1 N–H and O–H groups in total. The Kier molecular flexibility index (Phi) is 3.43. The Bertz CT molecular complexity index is 646. The first-order chi connectivity index (χ1) is 9.74. The second-order valence-corrected chi connectivity index (χ2v) is 4.58. The van der Waals surface area contributed by atoms with E-state index in [0.29, 0.717) is 41.0 Å². The van der Waals surface area contributed by atoms with Crippen molar-refractivity contribution >= 4 is 23.2 Å². The van der Waals surface area contributed by atoms with E-state index in [1.54, 1.807) is 36.7 Å². The van der Waals surface area contributed by atoms with Crippen molar-refractivity contribution in [3.05, 3.63) is 47.2 Å². The Balaban J connectivity index is 1.87. The number of aromatic nitrogens is 1. The van der Waals surface area contributed by atoms with Gasteiger partial charge in [0, 0.05) is 23.6 Å². The number of nitrogens with one attached hydrogen (secondary N) is 1. The summed E-state index contributed by atoms with van der Waals surface area (Å²) < 4.78 is 10.9. The van der Waals surface area contributed by atoms with Crippen molar-refractivity contribution in [2.24, 2.45) is 0 Å². The molecule has 0 spiro atoms. The molecule has 0 saturated carbocycles. The molecule has 5 nitrogen and oxygen atoms in total. The quantitative estimate of drug-likeness (QED) is 0.924. The summed E-state index contributed by atoms with van der Waals surface area (Å²) in [4.78, 5) is 16.1. The maximum atomic E-state index is 12.2. The van der Waals surface area contributed by atoms with Crippen LogP contribution in [0.15, 0.2) is 36.7 Å². The standard InChI is InChI=1S/C14H11ClN2O3/c15-11-7-9(8-12-13(11)20-6-5-19-12)14(18)17-10-1-3-16-4-2-10/h1-4,7-8H,5-6H2,(H,16,17,18). The lowest BCUT2D eigenvalue weighted by atomic mass is 10.1. The number of carbonyl (C=O) groups excluding carboxylic acids is 1. The summed E-state index contributed by atoms with van der Waals surface area (Å²) in [5.41, 5.74) is 1.08. The Morgan fingerprint density at radius 2 is 1.95 bits per heavy atom. The summed E-state index contributed by atoms with van der Waals surface area (Å²) in [5, 5.41) is 3.12. The van der Waals surface area contributed by atoms with Crippen LogP contribution in [0.3, 0.4) is 0 Å². The number of ether oxygens (including phenoxy) is 2. The van der Waals surface area contributed by atoms with Gasteiger partial charge in [-0.3, -0.25) is 9.78 Å². The van der Waals surface area contributed by atoms with Gasteiger partial charge in [0.15, 0.2) is 11.5 Å². The monoisotopic (exact) mass is 290 g/mol. The van der Waals surface area contributed by atoms with Gasteiger partial charge in [0.25, 0.3) is 5.91 Å². The van der Waals surface area contributed by atoms with Gasteiger partial charge in [-0.25, -0.2) is 0 Å². The number of benzene rings is 1. The molecule has 0 bridgehead atoms. The largest absolute Gasteiger partial charge is 0.486 e. The van der Waals surface area contributed by atoms with E-state index in [1.165, 1.54) is 0 Å². The van der Waals surface area contributed by atoms with Crippen LogP contribution in [-0.2, 0) is 0 Å². The van der Waals surface area contributed by atoms with E-state index in [0.717, 1.165) is 0 Å². The third-order valence-electron chi connectivity index (χ3n) is 2.80. The summed E-state index contributed by atoms with van der Waals surface area (Å²) in [5.74, 6) is 0.706. The number of anilines is 1. The van der Waals surface area contributed by atoms with Crippen LogP contribution in [0.5, 0.6) is 11.5 Å². The topological polar surface area (TPSA) is 60.5 Å². The maximum absolute atomic E-state index is 12.2. The average Bonchev–Trinajstić information content (AvgIpc) is 2.48. The van der Waals surface area contributed by atoms with Gasteiger partial charge in [0.2, 0.25) is 0 Å². The summed E-state index contributed by atoms with van der Waals surface area (Å²) in [7, 11) is 0. The second kappa shape index (κ2) is 5.38. The molecule has 3 rings (SSSR count). The Morgan fingerprint density at radius 1 is 1.20 bits per heavy atom. The zero-order valence-corrected chi connectivity index (χ0v) is 11.2. The molecule has 1 aliphatic heterocycles. The van der Waals surface area contributed by atoms with Crippen molar-refractivity contribution in [3.8, 4) is 11.5 Å². The lowest BCUT2D eigenvalue weighted by Gasteiger charge is -2.20. The van der Waals surface area contributed by atoms with Crippen LogP contribution in [0.2, 0.25) is 5.02 Å². The molecule has 1 aromatic heterocycles. The first kappa shape index (κ1) is 12.7. The fourth-order valence-corrected chi connectivity index (χ4v) is 2.15. The first-order valence-electron chi connectivity index (χ1n) is 6.04. The maximum Gasteiger partial charge on any atom is 0.255 e. The van der Waals surface area contributed by atoms with Crippen molar-refractivity contribution in [1.82, 2.24) is 4.98 Å². The van der Waals surface area contributed by atoms with Crippen LogP contribution in [0, 0.1) is 0 Å². The molecule has 0 fully saturated rings. The average molecular weight is 291 g/mol. The van der Waals surface area contributed by atoms with Gasteiger partial charge >= 0.3 is 0 Å². The summed E-state index contributed by atoms with van der Waals surface area (Å²) >= 11 is 6.10. The van der Waals surface area contributed by atoms with Crippen LogP contribution < -0.4 is 14.8 Å². The number of pyridine rings is 1. The van der Waals surface area contributed by atoms with Crippen molar-refractivity contribution in [2.75, 3.05) is 18.5 Å². The molecule has 20 heavy (non-hydrogen) atoms. The van der Waals surface area contributed by atoms with Crippen molar-refractivity contribution in [3.63, 3.8) is 0 Å². The highest BCUT2D eigenvalue weighted by Gasteiger charge is 2.19. The highest BCUT2D eigenvalue weighted by Crippen LogP contribution is 2.38. The lowest BCUT2D eigenvalue weighted by Crippen LogP contribution is -2.17. The van der Waals surface area contributed by atoms with Crippen molar-refractivity contribution < 1.29 is 14.3 Å². The number of hydrogen-bond acceptors (Lipinski definition) is 4. The van der Waals surface area contributed by atoms with Gasteiger partial charge < -0.3 is 14.8 Å². The predicted octanol–water partition coefficient (Wildman–Crippen LogP) is 2.76. The van der Waals surface area contributed by atoms with Gasteiger partial charge in [-0.2, -0.15) is 0 Å². The van der Waals surface area contributed by atoms with Gasteiger partial charge in [0.05, 0.1) is 5.02 Å². The second-order valence-electron chi connectivity index (χ2n) is 4.17. The minimum atomic E-state index is -0.268. The number of fused-ring (bicyclic) bond motifs is 1. The highest BCUT2D eigenvalue weighted by molar-refractivity contribution is 6.32. The predicted molar refractivity (Wildman–Crippen MR) is 74.6 cm³/mol. The molecule has 6 heteroatoms. The number of amides is 1. The van der Waals surface area contributed by atoms with Gasteiger partial charge in [-0.15, -0.1) is 0 Å². The highest BCUT2D eigenvalue weighted by atomic mass is 35.5. The van der Waals surface area contributed by atoms with E-state index < -0.39 is 0 Å². The molecule has 0 atom stereocenters. The summed E-state index contributed by atoms with van der Waals surface area (Å²) in [6.45, 7) is 0.897. The minimum absolute atomic E-state index is 0.268. The molecule has 1 amide bonds. The molecular weight excluding hydrogens is 280 g/mol. The molecule has 0 saturated heterocycles. The number of rotatable bonds is 2. The van der Waals surface area contributed by atoms with E-state index in [9.17, 15) is 4.79 Å². The first-order valence-corrected chi connectivity index (χ1v) is 6.42. The van der Waals surface area contributed by atoms with E-state index in [1.807, 2.05) is 0 Å². The molecule has 0 radical (unpaired) electrons. The lowest BCUT2D eigenvalue weighted by molar-refractivity contribution is 0.102. The van der Waals surface area contributed by atoms with Crippen molar-refractivity contribution in [2.45, 2.75) is 0 Å². The third-order valence-corrected chi connectivity index (χ3v) is 3.08. The zero-order chi connectivity index (χ0) is 13.9. The molecule has 1 aliphatic rings. The minimum Gasteiger partial charge on any atom is -0.486 e. The number of nitrogens with zero attached hydrogens (tertiary/aromatic N) is 1. The molecule has 0 unspecified atom stereocenters.